The lowest BCUT2D eigenvalue weighted by atomic mass is 10.2. The standard InChI is InChI=1S/C12H15ClN4O4/c1-4-21-12(20)17-10(14-7(3)18)8-5-16(11(13)19)6(2)9(8)15-17/h6H,4-5H2,1-3H3,(H,14,18). The molecule has 8 nitrogen and oxygen atoms in total. The summed E-state index contributed by atoms with van der Waals surface area (Å²) in [6, 6.07) is -0.381. The molecule has 0 aliphatic carbocycles. The van der Waals surface area contributed by atoms with E-state index in [1.54, 1.807) is 13.8 Å². The maximum atomic E-state index is 11.9. The quantitative estimate of drug-likeness (QED) is 0.666. The van der Waals surface area contributed by atoms with E-state index in [1.807, 2.05) is 0 Å². The lowest BCUT2D eigenvalue weighted by Crippen LogP contribution is -2.26. The first-order valence-electron chi connectivity index (χ1n) is 6.39. The van der Waals surface area contributed by atoms with Crippen molar-refractivity contribution in [2.45, 2.75) is 33.4 Å². The molecular formula is C12H15ClN4O4. The Morgan fingerprint density at radius 3 is 2.67 bits per heavy atom. The van der Waals surface area contributed by atoms with Crippen LogP contribution in [0.4, 0.5) is 15.4 Å². The van der Waals surface area contributed by atoms with Crippen molar-refractivity contribution < 1.29 is 19.1 Å². The number of halogens is 1. The molecule has 0 saturated heterocycles. The van der Waals surface area contributed by atoms with E-state index in [0.29, 0.717) is 11.3 Å². The van der Waals surface area contributed by atoms with Crippen LogP contribution in [-0.2, 0) is 16.1 Å². The fourth-order valence-electron chi connectivity index (χ4n) is 2.24. The van der Waals surface area contributed by atoms with Crippen LogP contribution in [0.5, 0.6) is 0 Å². The average Bonchev–Trinajstić information content (AvgIpc) is 2.88. The molecule has 1 aliphatic rings. The predicted molar refractivity (Wildman–Crippen MR) is 74.2 cm³/mol. The maximum absolute atomic E-state index is 11.9. The van der Waals surface area contributed by atoms with Gasteiger partial charge in [-0.15, -0.1) is 4.68 Å². The number of hydrogen-bond donors (Lipinski definition) is 1. The van der Waals surface area contributed by atoms with Gasteiger partial charge in [0.2, 0.25) is 5.91 Å². The first kappa shape index (κ1) is 15.3. The number of hydrogen-bond acceptors (Lipinski definition) is 5. The van der Waals surface area contributed by atoms with Crippen molar-refractivity contribution in [3.8, 4) is 0 Å². The molecule has 0 radical (unpaired) electrons. The highest BCUT2D eigenvalue weighted by atomic mass is 35.5. The molecule has 9 heteroatoms. The molecule has 0 saturated carbocycles. The van der Waals surface area contributed by atoms with Gasteiger partial charge in [-0.2, -0.15) is 5.10 Å². The summed E-state index contributed by atoms with van der Waals surface area (Å²) in [6.07, 6.45) is -0.688. The Bertz CT molecular complexity index is 613. The molecule has 1 N–H and O–H groups in total. The predicted octanol–water partition coefficient (Wildman–Crippen LogP) is 2.08. The lowest BCUT2D eigenvalue weighted by Gasteiger charge is -2.18. The molecule has 0 spiro atoms. The number of amides is 2. The third kappa shape index (κ3) is 2.71. The SMILES string of the molecule is CCOC(=O)n1nc2c(c1NC(C)=O)CN(C(=O)Cl)C2C. The zero-order chi connectivity index (χ0) is 15.7. The second kappa shape index (κ2) is 5.72. The highest BCUT2D eigenvalue weighted by molar-refractivity contribution is 6.62. The number of rotatable bonds is 2. The Morgan fingerprint density at radius 1 is 1.48 bits per heavy atom. The van der Waals surface area contributed by atoms with Crippen LogP contribution < -0.4 is 5.32 Å². The number of nitrogens with zero attached hydrogens (tertiary/aromatic N) is 3. The van der Waals surface area contributed by atoms with Crippen molar-refractivity contribution in [1.82, 2.24) is 14.7 Å². The van der Waals surface area contributed by atoms with E-state index in [1.165, 1.54) is 11.8 Å². The topological polar surface area (TPSA) is 93.5 Å². The van der Waals surface area contributed by atoms with Gasteiger partial charge in [0.15, 0.2) is 0 Å². The maximum Gasteiger partial charge on any atom is 0.436 e. The lowest BCUT2D eigenvalue weighted by molar-refractivity contribution is -0.114. The molecule has 114 valence electrons. The Morgan fingerprint density at radius 2 is 2.14 bits per heavy atom. The van der Waals surface area contributed by atoms with Crippen LogP contribution in [0.2, 0.25) is 0 Å². The van der Waals surface area contributed by atoms with E-state index in [9.17, 15) is 14.4 Å². The molecule has 0 aromatic carbocycles. The Hall–Kier alpha value is -2.09. The molecule has 2 amide bonds. The van der Waals surface area contributed by atoms with Crippen LogP contribution >= 0.6 is 11.6 Å². The fraction of sp³-hybridized carbons (Fsp3) is 0.500. The summed E-state index contributed by atoms with van der Waals surface area (Å²) in [5, 5.41) is 6.09. The van der Waals surface area contributed by atoms with Gasteiger partial charge in [0.05, 0.1) is 24.9 Å². The number of carbonyl (C=O) groups is 3. The molecule has 0 fully saturated rings. The molecule has 1 unspecified atom stereocenters. The Kier molecular flexibility index (Phi) is 4.17. The number of ether oxygens (including phenoxy) is 1. The normalized spacial score (nSPS) is 16.6. The molecular weight excluding hydrogens is 300 g/mol. The van der Waals surface area contributed by atoms with Gasteiger partial charge in [0.25, 0.3) is 0 Å². The smallest absolute Gasteiger partial charge is 0.436 e. The van der Waals surface area contributed by atoms with Crippen molar-refractivity contribution in [3.63, 3.8) is 0 Å². The van der Waals surface area contributed by atoms with Crippen LogP contribution in [0.3, 0.4) is 0 Å². The van der Waals surface area contributed by atoms with Gasteiger partial charge >= 0.3 is 11.5 Å². The van der Waals surface area contributed by atoms with E-state index in [4.69, 9.17) is 16.3 Å². The van der Waals surface area contributed by atoms with Crippen molar-refractivity contribution in [2.75, 3.05) is 11.9 Å². The van der Waals surface area contributed by atoms with E-state index in [-0.39, 0.29) is 30.9 Å². The molecule has 1 aromatic heterocycles. The average molecular weight is 315 g/mol. The van der Waals surface area contributed by atoms with Crippen molar-refractivity contribution in [2.24, 2.45) is 0 Å². The summed E-state index contributed by atoms with van der Waals surface area (Å²) >= 11 is 5.51. The van der Waals surface area contributed by atoms with Crippen molar-refractivity contribution in [1.29, 1.82) is 0 Å². The van der Waals surface area contributed by atoms with Gasteiger partial charge in [-0.3, -0.25) is 9.59 Å². The zero-order valence-electron chi connectivity index (χ0n) is 11.8. The van der Waals surface area contributed by atoms with Gasteiger partial charge in [0, 0.05) is 12.5 Å². The monoisotopic (exact) mass is 314 g/mol. The number of fused-ring (bicyclic) bond motifs is 1. The van der Waals surface area contributed by atoms with Gasteiger partial charge in [0.1, 0.15) is 5.82 Å². The molecule has 1 atom stereocenters. The number of nitrogens with one attached hydrogen (secondary N) is 1. The van der Waals surface area contributed by atoms with E-state index >= 15 is 0 Å². The van der Waals surface area contributed by atoms with Crippen molar-refractivity contribution >= 4 is 34.8 Å². The van der Waals surface area contributed by atoms with E-state index in [2.05, 4.69) is 10.4 Å². The van der Waals surface area contributed by atoms with Crippen LogP contribution in [0.15, 0.2) is 0 Å². The number of anilines is 1. The summed E-state index contributed by atoms with van der Waals surface area (Å²) in [7, 11) is 0. The zero-order valence-corrected chi connectivity index (χ0v) is 12.6. The highest BCUT2D eigenvalue weighted by Crippen LogP contribution is 2.37. The van der Waals surface area contributed by atoms with Crippen LogP contribution in [-0.4, -0.2) is 38.7 Å². The van der Waals surface area contributed by atoms with Crippen LogP contribution in [0.25, 0.3) is 0 Å². The summed E-state index contributed by atoms with van der Waals surface area (Å²) in [5.74, 6) is -0.144. The van der Waals surface area contributed by atoms with Gasteiger partial charge in [-0.05, 0) is 25.4 Å². The first-order chi connectivity index (χ1) is 9.86. The first-order valence-corrected chi connectivity index (χ1v) is 6.77. The van der Waals surface area contributed by atoms with E-state index in [0.717, 1.165) is 4.68 Å². The summed E-state index contributed by atoms with van der Waals surface area (Å²) in [5.41, 5.74) is 1.10. The second-order valence-corrected chi connectivity index (χ2v) is 4.88. The van der Waals surface area contributed by atoms with Crippen LogP contribution in [0.1, 0.15) is 38.1 Å². The molecule has 2 rings (SSSR count). The minimum absolute atomic E-state index is 0.174. The van der Waals surface area contributed by atoms with Gasteiger partial charge in [-0.1, -0.05) is 0 Å². The largest absolute Gasteiger partial charge is 0.448 e. The van der Waals surface area contributed by atoms with Gasteiger partial charge < -0.3 is 15.0 Å². The van der Waals surface area contributed by atoms with E-state index < -0.39 is 11.5 Å². The molecule has 2 heterocycles. The summed E-state index contributed by atoms with van der Waals surface area (Å²) in [4.78, 5) is 36.0. The summed E-state index contributed by atoms with van der Waals surface area (Å²) < 4.78 is 5.90. The highest BCUT2D eigenvalue weighted by Gasteiger charge is 2.37. The van der Waals surface area contributed by atoms with Crippen LogP contribution in [0, 0.1) is 0 Å². The Labute approximate surface area is 126 Å². The Balaban J connectivity index is 2.46. The summed E-state index contributed by atoms with van der Waals surface area (Å²) in [6.45, 7) is 5.09. The molecule has 0 bridgehead atoms. The number of carbonyl (C=O) groups excluding carboxylic acids is 3. The third-order valence-corrected chi connectivity index (χ3v) is 3.38. The second-order valence-electron chi connectivity index (χ2n) is 4.56. The van der Waals surface area contributed by atoms with Crippen molar-refractivity contribution in [3.05, 3.63) is 11.3 Å². The van der Waals surface area contributed by atoms with Gasteiger partial charge in [-0.25, -0.2) is 4.79 Å². The molecule has 21 heavy (non-hydrogen) atoms. The third-order valence-electron chi connectivity index (χ3n) is 3.17. The molecule has 1 aliphatic heterocycles. The fourth-order valence-corrected chi connectivity index (χ4v) is 2.45. The minimum atomic E-state index is -0.688. The minimum Gasteiger partial charge on any atom is -0.448 e. The number of aromatic nitrogens is 2. The molecule has 1 aromatic rings.